The Labute approximate surface area is 171 Å². The number of hydrogen-bond acceptors (Lipinski definition) is 6. The first-order valence-electron chi connectivity index (χ1n) is 10.2. The second-order valence-corrected chi connectivity index (χ2v) is 7.37. The molecule has 0 radical (unpaired) electrons. The van der Waals surface area contributed by atoms with Crippen LogP contribution < -0.4 is 15.8 Å². The maximum Gasteiger partial charge on any atom is 0.232 e. The second-order valence-electron chi connectivity index (χ2n) is 7.37. The van der Waals surface area contributed by atoms with Gasteiger partial charge in [0, 0.05) is 30.1 Å². The minimum atomic E-state index is 0.517. The van der Waals surface area contributed by atoms with Crippen LogP contribution in [0.1, 0.15) is 24.8 Å². The topological polar surface area (TPSA) is 86.0 Å². The quantitative estimate of drug-likeness (QED) is 0.644. The molecule has 6 heteroatoms. The summed E-state index contributed by atoms with van der Waals surface area (Å²) >= 11 is 0. The molecule has 0 aliphatic carbocycles. The summed E-state index contributed by atoms with van der Waals surface area (Å²) < 4.78 is 5.98. The van der Waals surface area contributed by atoms with Gasteiger partial charge in [0.05, 0.1) is 18.5 Å². The zero-order valence-electron chi connectivity index (χ0n) is 16.6. The van der Waals surface area contributed by atoms with Crippen LogP contribution in [0.15, 0.2) is 55.0 Å². The van der Waals surface area contributed by atoms with Gasteiger partial charge in [-0.2, -0.15) is 0 Å². The first-order chi connectivity index (χ1) is 14.3. The summed E-state index contributed by atoms with van der Waals surface area (Å²) in [6, 6.07) is 12.0. The van der Waals surface area contributed by atoms with Gasteiger partial charge in [0.2, 0.25) is 5.88 Å². The summed E-state index contributed by atoms with van der Waals surface area (Å²) in [5.41, 5.74) is 10.4. The van der Waals surface area contributed by atoms with E-state index < -0.39 is 0 Å². The predicted octanol–water partition coefficient (Wildman–Crippen LogP) is 3.43. The van der Waals surface area contributed by atoms with Gasteiger partial charge in [-0.15, -0.1) is 0 Å². The molecule has 0 amide bonds. The molecule has 2 aromatic heterocycles. The van der Waals surface area contributed by atoms with Crippen LogP contribution in [0.2, 0.25) is 0 Å². The summed E-state index contributed by atoms with van der Waals surface area (Å²) in [6.45, 7) is 3.39. The molecule has 6 nitrogen and oxygen atoms in total. The molecule has 1 aliphatic heterocycles. The molecule has 3 N–H and O–H groups in total. The van der Waals surface area contributed by atoms with E-state index in [1.54, 1.807) is 18.6 Å². The van der Waals surface area contributed by atoms with E-state index in [0.717, 1.165) is 53.5 Å². The summed E-state index contributed by atoms with van der Waals surface area (Å²) in [4.78, 5) is 13.6. The van der Waals surface area contributed by atoms with Crippen LogP contribution >= 0.6 is 0 Å². The lowest BCUT2D eigenvalue weighted by Crippen LogP contribution is -2.28. The van der Waals surface area contributed by atoms with Gasteiger partial charge < -0.3 is 15.8 Å². The second kappa shape index (κ2) is 9.58. The fraction of sp³-hybridized carbons (Fsp3) is 0.348. The van der Waals surface area contributed by atoms with E-state index in [-0.39, 0.29) is 0 Å². The Balaban J connectivity index is 1.57. The molecule has 29 heavy (non-hydrogen) atoms. The average Bonchev–Trinajstić information content (AvgIpc) is 2.80. The summed E-state index contributed by atoms with van der Waals surface area (Å²) in [6.07, 6.45) is 8.74. The lowest BCUT2D eigenvalue weighted by atomic mass is 9.95. The van der Waals surface area contributed by atoms with Gasteiger partial charge >= 0.3 is 0 Å². The van der Waals surface area contributed by atoms with Crippen molar-refractivity contribution in [3.8, 4) is 28.4 Å². The minimum absolute atomic E-state index is 0.517. The third-order valence-electron chi connectivity index (χ3n) is 5.40. The maximum absolute atomic E-state index is 5.98. The van der Waals surface area contributed by atoms with Crippen LogP contribution in [0.5, 0.6) is 5.88 Å². The molecular weight excluding hydrogens is 362 g/mol. The number of ether oxygens (including phenoxy) is 1. The third-order valence-corrected chi connectivity index (χ3v) is 5.40. The van der Waals surface area contributed by atoms with Gasteiger partial charge in [-0.05, 0) is 56.0 Å². The number of nitrogens with one attached hydrogen (secondary N) is 1. The molecule has 1 fully saturated rings. The SMILES string of the molecule is NCc1ccc(-c2nc(OCCC3CCNCC3)cnc2-c2ccncc2)cc1. The molecule has 4 rings (SSSR count). The Bertz CT molecular complexity index is 908. The molecule has 1 aliphatic rings. The maximum atomic E-state index is 5.98. The van der Waals surface area contributed by atoms with E-state index in [2.05, 4.69) is 15.3 Å². The lowest BCUT2D eigenvalue weighted by molar-refractivity contribution is 0.245. The Kier molecular flexibility index (Phi) is 6.44. The van der Waals surface area contributed by atoms with Crippen LogP contribution in [0.4, 0.5) is 0 Å². The number of piperidine rings is 1. The van der Waals surface area contributed by atoms with E-state index in [9.17, 15) is 0 Å². The van der Waals surface area contributed by atoms with Crippen molar-refractivity contribution in [1.82, 2.24) is 20.3 Å². The normalized spacial score (nSPS) is 14.7. The molecule has 1 aromatic carbocycles. The molecule has 3 heterocycles. The Hall–Kier alpha value is -2.83. The summed E-state index contributed by atoms with van der Waals surface area (Å²) in [7, 11) is 0. The van der Waals surface area contributed by atoms with Crippen molar-refractivity contribution >= 4 is 0 Å². The monoisotopic (exact) mass is 389 g/mol. The predicted molar refractivity (Wildman–Crippen MR) is 114 cm³/mol. The van der Waals surface area contributed by atoms with Crippen LogP contribution in [-0.2, 0) is 6.54 Å². The van der Waals surface area contributed by atoms with Crippen molar-refractivity contribution in [2.24, 2.45) is 11.7 Å². The molecule has 0 spiro atoms. The van der Waals surface area contributed by atoms with Crippen molar-refractivity contribution in [3.63, 3.8) is 0 Å². The number of aromatic nitrogens is 3. The highest BCUT2D eigenvalue weighted by atomic mass is 16.5. The number of rotatable bonds is 7. The first kappa shape index (κ1) is 19.5. The zero-order valence-corrected chi connectivity index (χ0v) is 16.6. The van der Waals surface area contributed by atoms with Gasteiger partial charge in [-0.1, -0.05) is 24.3 Å². The smallest absolute Gasteiger partial charge is 0.232 e. The Morgan fingerprint density at radius 2 is 1.69 bits per heavy atom. The van der Waals surface area contributed by atoms with Gasteiger partial charge in [-0.3, -0.25) is 4.98 Å². The number of hydrogen-bond donors (Lipinski definition) is 2. The lowest BCUT2D eigenvalue weighted by Gasteiger charge is -2.22. The van der Waals surface area contributed by atoms with Crippen molar-refractivity contribution in [3.05, 3.63) is 60.6 Å². The van der Waals surface area contributed by atoms with Gasteiger partial charge in [0.1, 0.15) is 5.69 Å². The molecular formula is C23H27N5O. The fourth-order valence-corrected chi connectivity index (χ4v) is 3.66. The van der Waals surface area contributed by atoms with Crippen LogP contribution in [0, 0.1) is 5.92 Å². The first-order valence-corrected chi connectivity index (χ1v) is 10.2. The van der Waals surface area contributed by atoms with Crippen molar-refractivity contribution in [2.45, 2.75) is 25.8 Å². The van der Waals surface area contributed by atoms with Gasteiger partial charge in [-0.25, -0.2) is 9.97 Å². The summed E-state index contributed by atoms with van der Waals surface area (Å²) in [5.74, 6) is 1.29. The number of pyridine rings is 1. The molecule has 3 aromatic rings. The highest BCUT2D eigenvalue weighted by Crippen LogP contribution is 2.30. The number of benzene rings is 1. The summed E-state index contributed by atoms with van der Waals surface area (Å²) in [5, 5.41) is 3.40. The van der Waals surface area contributed by atoms with Gasteiger partial charge in [0.25, 0.3) is 0 Å². The average molecular weight is 390 g/mol. The van der Waals surface area contributed by atoms with E-state index in [0.29, 0.717) is 19.0 Å². The molecule has 0 saturated carbocycles. The number of nitrogens with two attached hydrogens (primary N) is 1. The third kappa shape index (κ3) is 4.96. The molecule has 150 valence electrons. The van der Waals surface area contributed by atoms with Crippen LogP contribution in [0.25, 0.3) is 22.5 Å². The van der Waals surface area contributed by atoms with Crippen LogP contribution in [0.3, 0.4) is 0 Å². The van der Waals surface area contributed by atoms with Gasteiger partial charge in [0.15, 0.2) is 0 Å². The molecule has 1 saturated heterocycles. The van der Waals surface area contributed by atoms with Crippen molar-refractivity contribution in [2.75, 3.05) is 19.7 Å². The minimum Gasteiger partial charge on any atom is -0.477 e. The Morgan fingerprint density at radius 3 is 2.41 bits per heavy atom. The fourth-order valence-electron chi connectivity index (χ4n) is 3.66. The zero-order chi connectivity index (χ0) is 19.9. The van der Waals surface area contributed by atoms with Crippen molar-refractivity contribution in [1.29, 1.82) is 0 Å². The molecule has 0 atom stereocenters. The van der Waals surface area contributed by atoms with E-state index in [1.165, 1.54) is 12.8 Å². The van der Waals surface area contributed by atoms with E-state index in [1.807, 2.05) is 36.4 Å². The Morgan fingerprint density at radius 1 is 0.966 bits per heavy atom. The molecule has 0 unspecified atom stereocenters. The highest BCUT2D eigenvalue weighted by Gasteiger charge is 2.15. The van der Waals surface area contributed by atoms with E-state index in [4.69, 9.17) is 15.5 Å². The van der Waals surface area contributed by atoms with E-state index >= 15 is 0 Å². The van der Waals surface area contributed by atoms with Crippen LogP contribution in [-0.4, -0.2) is 34.6 Å². The highest BCUT2D eigenvalue weighted by molar-refractivity contribution is 5.77. The standard InChI is InChI=1S/C23H27N5O/c24-15-18-1-3-19(4-2-18)23-22(20-7-12-26-13-8-20)27-16-21(28-23)29-14-9-17-5-10-25-11-6-17/h1-4,7-8,12-13,16-17,25H,5-6,9-11,14-15,24H2. The molecule has 0 bridgehead atoms. The number of nitrogens with zero attached hydrogens (tertiary/aromatic N) is 3. The van der Waals surface area contributed by atoms with Crippen molar-refractivity contribution < 1.29 is 4.74 Å². The largest absolute Gasteiger partial charge is 0.477 e.